The molecule has 0 spiro atoms. The molecule has 0 saturated carbocycles. The molecular formula is C14H20N4. The van der Waals surface area contributed by atoms with Gasteiger partial charge in [-0.05, 0) is 37.7 Å². The molecule has 18 heavy (non-hydrogen) atoms. The number of aryl methyl sites for hydroxylation is 1. The Kier molecular flexibility index (Phi) is 3.06. The van der Waals surface area contributed by atoms with E-state index in [-0.39, 0.29) is 0 Å². The Hall–Kier alpha value is -1.39. The highest BCUT2D eigenvalue weighted by molar-refractivity contribution is 5.80. The number of rotatable bonds is 1. The van der Waals surface area contributed by atoms with Crippen molar-refractivity contribution in [2.45, 2.75) is 12.5 Å². The number of hydrogen-bond donors (Lipinski definition) is 1. The van der Waals surface area contributed by atoms with Gasteiger partial charge in [-0.3, -0.25) is 4.90 Å². The summed E-state index contributed by atoms with van der Waals surface area (Å²) in [4.78, 5) is 6.92. The molecule has 1 atom stereocenters. The number of hydrogen-bond acceptors (Lipinski definition) is 3. The maximum absolute atomic E-state index is 4.47. The van der Waals surface area contributed by atoms with E-state index in [2.05, 4.69) is 46.1 Å². The van der Waals surface area contributed by atoms with Gasteiger partial charge in [-0.1, -0.05) is 0 Å². The molecule has 4 heteroatoms. The zero-order chi connectivity index (χ0) is 12.5. The van der Waals surface area contributed by atoms with Crippen LogP contribution in [0.3, 0.4) is 0 Å². The molecule has 0 radical (unpaired) electrons. The minimum atomic E-state index is 0.493. The minimum absolute atomic E-state index is 0.493. The average Bonchev–Trinajstić information content (AvgIpc) is 2.57. The van der Waals surface area contributed by atoms with Gasteiger partial charge in [-0.15, -0.1) is 0 Å². The third-order valence-corrected chi connectivity index (χ3v) is 3.89. The molecule has 1 unspecified atom stereocenters. The number of pyridine rings is 1. The zero-order valence-corrected chi connectivity index (χ0v) is 11.1. The van der Waals surface area contributed by atoms with Gasteiger partial charge in [0.2, 0.25) is 0 Å². The van der Waals surface area contributed by atoms with Gasteiger partial charge in [0.05, 0.1) is 0 Å². The van der Waals surface area contributed by atoms with Crippen molar-refractivity contribution in [2.24, 2.45) is 7.05 Å². The van der Waals surface area contributed by atoms with Crippen molar-refractivity contribution in [3.63, 3.8) is 0 Å². The van der Waals surface area contributed by atoms with Gasteiger partial charge < -0.3 is 9.88 Å². The molecule has 2 aromatic rings. The summed E-state index contributed by atoms with van der Waals surface area (Å²) >= 11 is 0. The summed E-state index contributed by atoms with van der Waals surface area (Å²) in [6.45, 7) is 3.27. The molecule has 4 nitrogen and oxygen atoms in total. The quantitative estimate of drug-likeness (QED) is 0.826. The Balaban J connectivity index is 2.07. The van der Waals surface area contributed by atoms with Crippen molar-refractivity contribution >= 4 is 11.0 Å². The van der Waals surface area contributed by atoms with Crippen LogP contribution in [0.5, 0.6) is 0 Å². The van der Waals surface area contributed by atoms with Crippen LogP contribution in [0.15, 0.2) is 24.5 Å². The summed E-state index contributed by atoms with van der Waals surface area (Å²) in [5.74, 6) is 0. The monoisotopic (exact) mass is 244 g/mol. The van der Waals surface area contributed by atoms with Crippen LogP contribution in [0, 0.1) is 0 Å². The number of aromatic nitrogens is 2. The Morgan fingerprint density at radius 2 is 2.22 bits per heavy atom. The van der Waals surface area contributed by atoms with Crippen LogP contribution in [0.1, 0.15) is 18.0 Å². The van der Waals surface area contributed by atoms with Crippen LogP contribution in [-0.4, -0.2) is 41.1 Å². The van der Waals surface area contributed by atoms with E-state index in [4.69, 9.17) is 0 Å². The van der Waals surface area contributed by atoms with Crippen LogP contribution in [0.25, 0.3) is 11.0 Å². The fourth-order valence-corrected chi connectivity index (χ4v) is 2.90. The number of nitrogens with zero attached hydrogens (tertiary/aromatic N) is 3. The molecule has 0 amide bonds. The van der Waals surface area contributed by atoms with Crippen molar-refractivity contribution in [3.05, 3.63) is 30.1 Å². The summed E-state index contributed by atoms with van der Waals surface area (Å²) in [6.07, 6.45) is 5.26. The number of fused-ring (bicyclic) bond motifs is 1. The smallest absolute Gasteiger partial charge is 0.139 e. The molecule has 2 aromatic heterocycles. The molecule has 1 fully saturated rings. The summed E-state index contributed by atoms with van der Waals surface area (Å²) in [5.41, 5.74) is 2.49. The first-order valence-electron chi connectivity index (χ1n) is 6.58. The maximum atomic E-state index is 4.47. The first-order chi connectivity index (χ1) is 8.77. The van der Waals surface area contributed by atoms with Crippen molar-refractivity contribution in [2.75, 3.05) is 26.7 Å². The SMILES string of the molecule is CN1CCNCCC1c1cn(C)c2ncccc12. The van der Waals surface area contributed by atoms with Crippen LogP contribution < -0.4 is 5.32 Å². The highest BCUT2D eigenvalue weighted by atomic mass is 15.2. The van der Waals surface area contributed by atoms with E-state index in [1.54, 1.807) is 0 Å². The fourth-order valence-electron chi connectivity index (χ4n) is 2.90. The Morgan fingerprint density at radius 1 is 1.33 bits per heavy atom. The van der Waals surface area contributed by atoms with E-state index in [0.29, 0.717) is 6.04 Å². The van der Waals surface area contributed by atoms with Crippen LogP contribution >= 0.6 is 0 Å². The predicted octanol–water partition coefficient (Wildman–Crippen LogP) is 1.54. The summed E-state index contributed by atoms with van der Waals surface area (Å²) < 4.78 is 2.14. The maximum Gasteiger partial charge on any atom is 0.139 e. The highest BCUT2D eigenvalue weighted by Gasteiger charge is 2.22. The topological polar surface area (TPSA) is 33.1 Å². The highest BCUT2D eigenvalue weighted by Crippen LogP contribution is 2.30. The van der Waals surface area contributed by atoms with Gasteiger partial charge >= 0.3 is 0 Å². The Bertz CT molecular complexity index is 546. The third-order valence-electron chi connectivity index (χ3n) is 3.89. The van der Waals surface area contributed by atoms with Gasteiger partial charge in [0, 0.05) is 44.0 Å². The molecular weight excluding hydrogens is 224 g/mol. The molecule has 1 aliphatic rings. The molecule has 1 aliphatic heterocycles. The molecule has 1 saturated heterocycles. The van der Waals surface area contributed by atoms with E-state index in [0.717, 1.165) is 31.7 Å². The summed E-state index contributed by atoms with van der Waals surface area (Å²) in [5, 5.41) is 4.76. The summed E-state index contributed by atoms with van der Waals surface area (Å²) in [6, 6.07) is 4.71. The van der Waals surface area contributed by atoms with Gasteiger partial charge in [-0.2, -0.15) is 0 Å². The Morgan fingerprint density at radius 3 is 3.11 bits per heavy atom. The van der Waals surface area contributed by atoms with E-state index in [1.807, 2.05) is 12.3 Å². The predicted molar refractivity (Wildman–Crippen MR) is 73.6 cm³/mol. The lowest BCUT2D eigenvalue weighted by Crippen LogP contribution is -2.26. The van der Waals surface area contributed by atoms with Crippen LogP contribution in [-0.2, 0) is 7.05 Å². The molecule has 3 heterocycles. The zero-order valence-electron chi connectivity index (χ0n) is 11.1. The van der Waals surface area contributed by atoms with E-state index in [1.165, 1.54) is 10.9 Å². The van der Waals surface area contributed by atoms with Gasteiger partial charge in [0.1, 0.15) is 5.65 Å². The van der Waals surface area contributed by atoms with E-state index < -0.39 is 0 Å². The lowest BCUT2D eigenvalue weighted by atomic mass is 10.0. The molecule has 0 aromatic carbocycles. The lowest BCUT2D eigenvalue weighted by molar-refractivity contribution is 0.259. The Labute approximate surface area is 108 Å². The largest absolute Gasteiger partial charge is 0.335 e. The van der Waals surface area contributed by atoms with Crippen molar-refractivity contribution in [3.8, 4) is 0 Å². The second-order valence-electron chi connectivity index (χ2n) is 5.10. The first-order valence-corrected chi connectivity index (χ1v) is 6.58. The molecule has 1 N–H and O–H groups in total. The molecule has 0 aliphatic carbocycles. The van der Waals surface area contributed by atoms with Crippen LogP contribution in [0.2, 0.25) is 0 Å². The van der Waals surface area contributed by atoms with Gasteiger partial charge in [0.25, 0.3) is 0 Å². The van der Waals surface area contributed by atoms with Crippen molar-refractivity contribution < 1.29 is 0 Å². The first kappa shape index (κ1) is 11.7. The molecule has 96 valence electrons. The minimum Gasteiger partial charge on any atom is -0.335 e. The van der Waals surface area contributed by atoms with E-state index in [9.17, 15) is 0 Å². The molecule has 0 bridgehead atoms. The summed E-state index contributed by atoms with van der Waals surface area (Å²) in [7, 11) is 4.29. The lowest BCUT2D eigenvalue weighted by Gasteiger charge is -2.24. The van der Waals surface area contributed by atoms with Crippen LogP contribution in [0.4, 0.5) is 0 Å². The molecule has 3 rings (SSSR count). The van der Waals surface area contributed by atoms with Gasteiger partial charge in [-0.25, -0.2) is 4.98 Å². The third kappa shape index (κ3) is 1.91. The second kappa shape index (κ2) is 4.71. The second-order valence-corrected chi connectivity index (χ2v) is 5.10. The van der Waals surface area contributed by atoms with Crippen molar-refractivity contribution in [1.29, 1.82) is 0 Å². The standard InChI is InChI=1S/C14H20N4/c1-17-9-8-15-7-5-13(17)12-10-18(2)14-11(12)4-3-6-16-14/h3-4,6,10,13,15H,5,7-9H2,1-2H3. The van der Waals surface area contributed by atoms with Crippen molar-refractivity contribution in [1.82, 2.24) is 19.8 Å². The van der Waals surface area contributed by atoms with E-state index >= 15 is 0 Å². The van der Waals surface area contributed by atoms with Gasteiger partial charge in [0.15, 0.2) is 0 Å². The number of likely N-dealkylation sites (N-methyl/N-ethyl adjacent to an activating group) is 1. The fraction of sp³-hybridized carbons (Fsp3) is 0.500. The average molecular weight is 244 g/mol. The number of nitrogens with one attached hydrogen (secondary N) is 1. The normalized spacial score (nSPS) is 22.2.